The summed E-state index contributed by atoms with van der Waals surface area (Å²) < 4.78 is 32.7. The first-order valence-corrected chi connectivity index (χ1v) is 6.97. The molecule has 98 valence electrons. The van der Waals surface area contributed by atoms with E-state index in [2.05, 4.69) is 14.2 Å². The standard InChI is InChI=1S/C11H14N2O4S/c1-17-11(14)8-2-4-9(5-3-8)12-18(15,16)13-10-6-7-10/h2-5,10,12-13H,6-7H2,1H3. The number of nitrogens with one attached hydrogen (secondary N) is 2. The second-order valence-corrected chi connectivity index (χ2v) is 5.51. The number of anilines is 1. The summed E-state index contributed by atoms with van der Waals surface area (Å²) in [5.74, 6) is -0.458. The highest BCUT2D eigenvalue weighted by atomic mass is 32.2. The molecular formula is C11H14N2O4S. The zero-order chi connectivity index (χ0) is 13.2. The van der Waals surface area contributed by atoms with Gasteiger partial charge in [0.2, 0.25) is 0 Å². The molecule has 0 spiro atoms. The number of ether oxygens (including phenoxy) is 1. The van der Waals surface area contributed by atoms with Gasteiger partial charge in [-0.15, -0.1) is 0 Å². The number of hydrogen-bond acceptors (Lipinski definition) is 4. The Labute approximate surface area is 106 Å². The number of methoxy groups -OCH3 is 1. The first-order chi connectivity index (χ1) is 8.50. The fourth-order valence-electron chi connectivity index (χ4n) is 1.40. The summed E-state index contributed by atoms with van der Waals surface area (Å²) in [6.45, 7) is 0. The molecule has 1 saturated carbocycles. The maximum absolute atomic E-state index is 11.6. The Morgan fingerprint density at radius 1 is 1.28 bits per heavy atom. The lowest BCUT2D eigenvalue weighted by atomic mass is 10.2. The van der Waals surface area contributed by atoms with Crippen LogP contribution in [-0.2, 0) is 14.9 Å². The average Bonchev–Trinajstić information content (AvgIpc) is 3.11. The van der Waals surface area contributed by atoms with Crippen molar-refractivity contribution in [1.82, 2.24) is 4.72 Å². The zero-order valence-corrected chi connectivity index (χ0v) is 10.7. The molecule has 0 aromatic heterocycles. The Morgan fingerprint density at radius 2 is 1.89 bits per heavy atom. The average molecular weight is 270 g/mol. The van der Waals surface area contributed by atoms with Crippen LogP contribution >= 0.6 is 0 Å². The van der Waals surface area contributed by atoms with Crippen molar-refractivity contribution in [2.45, 2.75) is 18.9 Å². The van der Waals surface area contributed by atoms with E-state index in [1.54, 1.807) is 0 Å². The van der Waals surface area contributed by atoms with Crippen molar-refractivity contribution < 1.29 is 17.9 Å². The minimum atomic E-state index is -3.53. The normalized spacial score (nSPS) is 15.2. The molecule has 0 amide bonds. The van der Waals surface area contributed by atoms with Gasteiger partial charge in [-0.3, -0.25) is 4.72 Å². The van der Waals surface area contributed by atoms with Gasteiger partial charge in [0, 0.05) is 11.7 Å². The minimum Gasteiger partial charge on any atom is -0.465 e. The number of benzene rings is 1. The lowest BCUT2D eigenvalue weighted by Crippen LogP contribution is -2.31. The van der Waals surface area contributed by atoms with E-state index >= 15 is 0 Å². The van der Waals surface area contributed by atoms with Gasteiger partial charge in [-0.1, -0.05) is 0 Å². The molecule has 0 aliphatic heterocycles. The van der Waals surface area contributed by atoms with Crippen LogP contribution in [0.4, 0.5) is 5.69 Å². The fraction of sp³-hybridized carbons (Fsp3) is 0.364. The first kappa shape index (κ1) is 12.8. The van der Waals surface area contributed by atoms with Crippen molar-refractivity contribution >= 4 is 21.9 Å². The number of hydrogen-bond donors (Lipinski definition) is 2. The monoisotopic (exact) mass is 270 g/mol. The number of carbonyl (C=O) groups is 1. The van der Waals surface area contributed by atoms with Gasteiger partial charge in [0.05, 0.1) is 12.7 Å². The van der Waals surface area contributed by atoms with E-state index in [1.807, 2.05) is 0 Å². The minimum absolute atomic E-state index is 0.0526. The number of rotatable bonds is 5. The summed E-state index contributed by atoms with van der Waals surface area (Å²) in [5, 5.41) is 0. The number of carbonyl (C=O) groups excluding carboxylic acids is 1. The van der Waals surface area contributed by atoms with Gasteiger partial charge in [-0.25, -0.2) is 4.79 Å². The fourth-order valence-corrected chi connectivity index (χ4v) is 2.58. The maximum atomic E-state index is 11.6. The van der Waals surface area contributed by atoms with Gasteiger partial charge in [0.15, 0.2) is 0 Å². The molecule has 1 fully saturated rings. The molecule has 7 heteroatoms. The van der Waals surface area contributed by atoms with E-state index in [0.717, 1.165) is 12.8 Å². The molecule has 1 aromatic rings. The summed E-state index contributed by atoms with van der Waals surface area (Å²) in [6.07, 6.45) is 1.75. The molecule has 6 nitrogen and oxygen atoms in total. The third kappa shape index (κ3) is 3.44. The van der Waals surface area contributed by atoms with Crippen LogP contribution in [0.3, 0.4) is 0 Å². The first-order valence-electron chi connectivity index (χ1n) is 5.48. The topological polar surface area (TPSA) is 84.5 Å². The molecule has 0 atom stereocenters. The van der Waals surface area contributed by atoms with E-state index < -0.39 is 16.2 Å². The van der Waals surface area contributed by atoms with Gasteiger partial charge in [-0.05, 0) is 37.1 Å². The van der Waals surface area contributed by atoms with Crippen molar-refractivity contribution in [3.8, 4) is 0 Å². The summed E-state index contributed by atoms with van der Waals surface area (Å²) >= 11 is 0. The lowest BCUT2D eigenvalue weighted by Gasteiger charge is -2.08. The Balaban J connectivity index is 2.03. The van der Waals surface area contributed by atoms with Gasteiger partial charge < -0.3 is 4.74 Å². The summed E-state index contributed by atoms with van der Waals surface area (Å²) in [6, 6.07) is 6.08. The number of esters is 1. The highest BCUT2D eigenvalue weighted by Crippen LogP contribution is 2.20. The second-order valence-electron chi connectivity index (χ2n) is 4.07. The van der Waals surface area contributed by atoms with E-state index in [0.29, 0.717) is 11.3 Å². The van der Waals surface area contributed by atoms with Crippen LogP contribution in [0.15, 0.2) is 24.3 Å². The molecule has 0 heterocycles. The summed E-state index contributed by atoms with van der Waals surface area (Å²) in [5.41, 5.74) is 0.770. The van der Waals surface area contributed by atoms with Crippen molar-refractivity contribution in [2.24, 2.45) is 0 Å². The Hall–Kier alpha value is -1.60. The predicted octanol–water partition coefficient (Wildman–Crippen LogP) is 0.882. The van der Waals surface area contributed by atoms with E-state index in [1.165, 1.54) is 31.4 Å². The quantitative estimate of drug-likeness (QED) is 0.778. The summed E-state index contributed by atoms with van der Waals surface area (Å²) in [7, 11) is -2.24. The van der Waals surface area contributed by atoms with Gasteiger partial charge >= 0.3 is 5.97 Å². The largest absolute Gasteiger partial charge is 0.465 e. The van der Waals surface area contributed by atoms with Crippen LogP contribution in [0.2, 0.25) is 0 Å². The third-order valence-corrected chi connectivity index (χ3v) is 3.61. The summed E-state index contributed by atoms with van der Waals surface area (Å²) in [4.78, 5) is 11.2. The molecule has 0 unspecified atom stereocenters. The molecule has 1 aromatic carbocycles. The highest BCUT2D eigenvalue weighted by molar-refractivity contribution is 7.90. The van der Waals surface area contributed by atoms with Gasteiger partial charge in [0.25, 0.3) is 10.2 Å². The molecule has 18 heavy (non-hydrogen) atoms. The molecule has 1 aliphatic rings. The molecule has 0 bridgehead atoms. The smallest absolute Gasteiger partial charge is 0.337 e. The SMILES string of the molecule is COC(=O)c1ccc(NS(=O)(=O)NC2CC2)cc1. The highest BCUT2D eigenvalue weighted by Gasteiger charge is 2.26. The second kappa shape index (κ2) is 4.95. The van der Waals surface area contributed by atoms with Crippen molar-refractivity contribution in [3.63, 3.8) is 0 Å². The van der Waals surface area contributed by atoms with Gasteiger partial charge in [0.1, 0.15) is 0 Å². The van der Waals surface area contributed by atoms with Crippen molar-refractivity contribution in [1.29, 1.82) is 0 Å². The molecule has 0 saturated heterocycles. The van der Waals surface area contributed by atoms with Gasteiger partial charge in [-0.2, -0.15) is 13.1 Å². The third-order valence-electron chi connectivity index (χ3n) is 2.46. The van der Waals surface area contributed by atoms with E-state index in [4.69, 9.17) is 0 Å². The maximum Gasteiger partial charge on any atom is 0.337 e. The van der Waals surface area contributed by atoms with Crippen LogP contribution < -0.4 is 9.44 Å². The molecule has 2 rings (SSSR count). The predicted molar refractivity (Wildman–Crippen MR) is 66.5 cm³/mol. The van der Waals surface area contributed by atoms with E-state index in [9.17, 15) is 13.2 Å². The Kier molecular flexibility index (Phi) is 3.53. The van der Waals surface area contributed by atoms with E-state index in [-0.39, 0.29) is 6.04 Å². The molecule has 2 N–H and O–H groups in total. The van der Waals surface area contributed by atoms with Crippen molar-refractivity contribution in [2.75, 3.05) is 11.8 Å². The molecule has 0 radical (unpaired) electrons. The van der Waals surface area contributed by atoms with Crippen LogP contribution in [0, 0.1) is 0 Å². The lowest BCUT2D eigenvalue weighted by molar-refractivity contribution is 0.0601. The zero-order valence-electron chi connectivity index (χ0n) is 9.84. The molecule has 1 aliphatic carbocycles. The Morgan fingerprint density at radius 3 is 2.39 bits per heavy atom. The van der Waals surface area contributed by atoms with Crippen LogP contribution in [-0.4, -0.2) is 27.5 Å². The molecular weight excluding hydrogens is 256 g/mol. The van der Waals surface area contributed by atoms with Crippen molar-refractivity contribution in [3.05, 3.63) is 29.8 Å². The Bertz CT molecular complexity index is 535. The van der Waals surface area contributed by atoms with Crippen LogP contribution in [0.5, 0.6) is 0 Å². The van der Waals surface area contributed by atoms with Crippen LogP contribution in [0.25, 0.3) is 0 Å². The van der Waals surface area contributed by atoms with Crippen LogP contribution in [0.1, 0.15) is 23.2 Å².